The Morgan fingerprint density at radius 2 is 1.79 bits per heavy atom. The van der Waals surface area contributed by atoms with Crippen LogP contribution in [0.4, 0.5) is 4.39 Å². The molecular weight excluding hydrogens is 461 g/mol. The van der Waals surface area contributed by atoms with Crippen LogP contribution in [0.2, 0.25) is 5.02 Å². The number of aromatic hydroxyl groups is 1. The zero-order valence-corrected chi connectivity index (χ0v) is 18.7. The number of rotatable bonds is 2. The summed E-state index contributed by atoms with van der Waals surface area (Å²) in [5.41, 5.74) is 1.29. The van der Waals surface area contributed by atoms with E-state index in [0.717, 1.165) is 11.1 Å². The standard InChI is InChI=1S/C25H19ClFN3O4/c26-17-9-13(5-6-18(17)27)12-29-8-7-16-19(23(29)33)21(31)24(34)30-20(16)22(32)28-25(30)10-14-3-1-2-4-15(14)11-25/h1-6,9,31H,7-8,10-12H2,(H,28,32). The summed E-state index contributed by atoms with van der Waals surface area (Å²) in [6.45, 7) is 0.396. The van der Waals surface area contributed by atoms with Gasteiger partial charge >= 0.3 is 0 Å². The molecule has 34 heavy (non-hydrogen) atoms. The maximum atomic E-state index is 13.5. The second-order valence-corrected chi connectivity index (χ2v) is 9.43. The molecule has 0 saturated carbocycles. The largest absolute Gasteiger partial charge is 0.502 e. The first-order valence-corrected chi connectivity index (χ1v) is 11.3. The van der Waals surface area contributed by atoms with Crippen molar-refractivity contribution in [1.29, 1.82) is 0 Å². The van der Waals surface area contributed by atoms with Crippen molar-refractivity contribution in [2.75, 3.05) is 6.54 Å². The summed E-state index contributed by atoms with van der Waals surface area (Å²) in [6.07, 6.45) is 1.13. The zero-order valence-electron chi connectivity index (χ0n) is 17.9. The van der Waals surface area contributed by atoms with E-state index < -0.39 is 34.6 Å². The minimum absolute atomic E-state index is 0.0548. The van der Waals surface area contributed by atoms with Crippen LogP contribution in [0.25, 0.3) is 0 Å². The lowest BCUT2D eigenvalue weighted by Gasteiger charge is -2.31. The van der Waals surface area contributed by atoms with Gasteiger partial charge in [0.15, 0.2) is 5.75 Å². The Morgan fingerprint density at radius 3 is 2.47 bits per heavy atom. The van der Waals surface area contributed by atoms with Crippen molar-refractivity contribution in [2.24, 2.45) is 0 Å². The highest BCUT2D eigenvalue weighted by molar-refractivity contribution is 6.30. The highest BCUT2D eigenvalue weighted by Gasteiger charge is 2.50. The molecule has 2 N–H and O–H groups in total. The Labute approximate surface area is 198 Å². The van der Waals surface area contributed by atoms with Crippen molar-refractivity contribution >= 4 is 23.4 Å². The van der Waals surface area contributed by atoms with E-state index in [2.05, 4.69) is 5.32 Å². The summed E-state index contributed by atoms with van der Waals surface area (Å²) in [5, 5.41) is 13.8. The molecule has 172 valence electrons. The SMILES string of the molecule is O=C1NC2(Cc3ccccc3C2)n2c1c1c(c(O)c2=O)C(=O)N(Cc2ccc(F)c(Cl)c2)CC1. The van der Waals surface area contributed by atoms with Crippen LogP contribution >= 0.6 is 11.6 Å². The van der Waals surface area contributed by atoms with Gasteiger partial charge in [-0.1, -0.05) is 41.9 Å². The van der Waals surface area contributed by atoms with Gasteiger partial charge < -0.3 is 15.3 Å². The van der Waals surface area contributed by atoms with E-state index in [1.807, 2.05) is 24.3 Å². The van der Waals surface area contributed by atoms with Gasteiger partial charge in [0.1, 0.15) is 17.2 Å². The first-order chi connectivity index (χ1) is 16.3. The number of carbonyl (C=O) groups excluding carboxylic acids is 2. The first kappa shape index (κ1) is 20.9. The molecule has 0 bridgehead atoms. The van der Waals surface area contributed by atoms with E-state index in [1.54, 1.807) is 0 Å². The van der Waals surface area contributed by atoms with Gasteiger partial charge in [-0.05, 0) is 35.2 Å². The molecule has 0 saturated heterocycles. The molecule has 7 nitrogen and oxygen atoms in total. The van der Waals surface area contributed by atoms with Gasteiger partial charge in [0.2, 0.25) is 0 Å². The van der Waals surface area contributed by atoms with E-state index >= 15 is 0 Å². The van der Waals surface area contributed by atoms with Crippen LogP contribution < -0.4 is 10.9 Å². The summed E-state index contributed by atoms with van der Waals surface area (Å²) in [4.78, 5) is 41.3. The van der Waals surface area contributed by atoms with Gasteiger partial charge in [0, 0.05) is 31.5 Å². The molecule has 3 aliphatic rings. The number of nitrogens with one attached hydrogen (secondary N) is 1. The molecule has 3 heterocycles. The van der Waals surface area contributed by atoms with E-state index in [4.69, 9.17) is 11.6 Å². The van der Waals surface area contributed by atoms with E-state index in [-0.39, 0.29) is 35.8 Å². The molecule has 1 spiro atoms. The number of pyridine rings is 1. The lowest BCUT2D eigenvalue weighted by molar-refractivity contribution is 0.0721. The molecule has 1 aliphatic carbocycles. The summed E-state index contributed by atoms with van der Waals surface area (Å²) < 4.78 is 14.9. The maximum Gasteiger partial charge on any atom is 0.296 e. The van der Waals surface area contributed by atoms with Crippen molar-refractivity contribution in [1.82, 2.24) is 14.8 Å². The second-order valence-electron chi connectivity index (χ2n) is 9.02. The Hall–Kier alpha value is -3.65. The van der Waals surface area contributed by atoms with E-state index in [9.17, 15) is 23.9 Å². The van der Waals surface area contributed by atoms with Gasteiger partial charge in [-0.25, -0.2) is 4.39 Å². The molecule has 2 aliphatic heterocycles. The molecular formula is C25H19ClFN3O4. The quantitative estimate of drug-likeness (QED) is 0.591. The zero-order chi connectivity index (χ0) is 23.8. The lowest BCUT2D eigenvalue weighted by atomic mass is 9.95. The smallest absolute Gasteiger partial charge is 0.296 e. The maximum absolute atomic E-state index is 13.5. The number of amides is 2. The number of carbonyl (C=O) groups is 2. The first-order valence-electron chi connectivity index (χ1n) is 10.9. The predicted octanol–water partition coefficient (Wildman–Crippen LogP) is 2.74. The van der Waals surface area contributed by atoms with Crippen molar-refractivity contribution in [2.45, 2.75) is 31.5 Å². The molecule has 0 atom stereocenters. The Morgan fingerprint density at radius 1 is 1.09 bits per heavy atom. The van der Waals surface area contributed by atoms with Crippen molar-refractivity contribution < 1.29 is 19.1 Å². The van der Waals surface area contributed by atoms with E-state index in [0.29, 0.717) is 24.0 Å². The number of halogens is 2. The third-order valence-electron chi connectivity index (χ3n) is 7.02. The van der Waals surface area contributed by atoms with Crippen LogP contribution in [-0.2, 0) is 31.5 Å². The molecule has 6 rings (SSSR count). The average molecular weight is 480 g/mol. The minimum Gasteiger partial charge on any atom is -0.502 e. The van der Waals surface area contributed by atoms with Crippen molar-refractivity contribution in [3.8, 4) is 5.75 Å². The lowest BCUT2D eigenvalue weighted by Crippen LogP contribution is -2.48. The summed E-state index contributed by atoms with van der Waals surface area (Å²) in [6, 6.07) is 11.9. The molecule has 0 fully saturated rings. The molecule has 0 radical (unpaired) electrons. The molecule has 2 amide bonds. The number of hydrogen-bond acceptors (Lipinski definition) is 4. The highest BCUT2D eigenvalue weighted by atomic mass is 35.5. The summed E-state index contributed by atoms with van der Waals surface area (Å²) >= 11 is 5.86. The van der Waals surface area contributed by atoms with Crippen LogP contribution in [-0.4, -0.2) is 32.9 Å². The van der Waals surface area contributed by atoms with Gasteiger partial charge in [-0.15, -0.1) is 0 Å². The Kier molecular flexibility index (Phi) is 4.41. The van der Waals surface area contributed by atoms with Gasteiger partial charge in [-0.2, -0.15) is 0 Å². The summed E-state index contributed by atoms with van der Waals surface area (Å²) in [7, 11) is 0. The second kappa shape index (κ2) is 7.17. The number of hydrogen-bond donors (Lipinski definition) is 2. The fourth-order valence-electron chi connectivity index (χ4n) is 5.52. The highest BCUT2D eigenvalue weighted by Crippen LogP contribution is 2.40. The average Bonchev–Trinajstić information content (AvgIpc) is 3.31. The van der Waals surface area contributed by atoms with Gasteiger partial charge in [-0.3, -0.25) is 19.0 Å². The number of nitrogens with zero attached hydrogens (tertiary/aromatic N) is 2. The number of benzene rings is 2. The van der Waals surface area contributed by atoms with Crippen LogP contribution in [0, 0.1) is 5.82 Å². The normalized spacial score (nSPS) is 17.5. The van der Waals surface area contributed by atoms with Crippen molar-refractivity contribution in [3.63, 3.8) is 0 Å². The molecule has 1 aromatic heterocycles. The predicted molar refractivity (Wildman–Crippen MR) is 122 cm³/mol. The van der Waals surface area contributed by atoms with Crippen LogP contribution in [0.15, 0.2) is 47.3 Å². The fraction of sp³-hybridized carbons (Fsp3) is 0.240. The number of fused-ring (bicyclic) bond motifs is 5. The molecule has 3 aromatic rings. The third kappa shape index (κ3) is 2.84. The van der Waals surface area contributed by atoms with Crippen LogP contribution in [0.3, 0.4) is 0 Å². The van der Waals surface area contributed by atoms with Crippen LogP contribution in [0.5, 0.6) is 5.75 Å². The van der Waals surface area contributed by atoms with Gasteiger partial charge in [0.25, 0.3) is 17.4 Å². The van der Waals surface area contributed by atoms with E-state index in [1.165, 1.54) is 27.7 Å². The molecule has 0 unspecified atom stereocenters. The third-order valence-corrected chi connectivity index (χ3v) is 7.31. The Balaban J connectivity index is 1.42. The Bertz CT molecular complexity index is 1460. The minimum atomic E-state index is -0.995. The van der Waals surface area contributed by atoms with Gasteiger partial charge in [0.05, 0.1) is 10.6 Å². The molecule has 2 aromatic carbocycles. The van der Waals surface area contributed by atoms with Crippen LogP contribution in [0.1, 0.15) is 43.1 Å². The fourth-order valence-corrected chi connectivity index (χ4v) is 5.72. The monoisotopic (exact) mass is 479 g/mol. The topological polar surface area (TPSA) is 91.6 Å². The number of aromatic nitrogens is 1. The molecule has 9 heteroatoms. The van der Waals surface area contributed by atoms with Crippen molar-refractivity contribution in [3.05, 3.63) is 97.2 Å². The summed E-state index contributed by atoms with van der Waals surface area (Å²) in [5.74, 6) is -2.19.